The Labute approximate surface area is 119 Å². The van der Waals surface area contributed by atoms with Crippen LogP contribution < -0.4 is 5.32 Å². The number of benzene rings is 2. The molecule has 0 aromatic heterocycles. The molecule has 0 spiro atoms. The number of carbonyl (C=O) groups is 1. The molecule has 0 saturated carbocycles. The maximum Gasteiger partial charge on any atom is 0.417 e. The van der Waals surface area contributed by atoms with Crippen molar-refractivity contribution in [2.45, 2.75) is 6.18 Å². The Morgan fingerprint density at radius 2 is 1.48 bits per heavy atom. The summed E-state index contributed by atoms with van der Waals surface area (Å²) in [6.07, 6.45) is -3.89. The molecule has 0 aliphatic heterocycles. The molecule has 1 N–H and O–H groups in total. The van der Waals surface area contributed by atoms with Gasteiger partial charge in [-0.25, -0.2) is 0 Å². The first kappa shape index (κ1) is 14.8. The molecule has 0 heterocycles. The molecule has 0 bridgehead atoms. The summed E-state index contributed by atoms with van der Waals surface area (Å²) in [5.74, 6) is 0. The lowest BCUT2D eigenvalue weighted by atomic mass is 10.0. The average molecular weight is 291 g/mol. The maximum absolute atomic E-state index is 12.8. The summed E-state index contributed by atoms with van der Waals surface area (Å²) in [5.41, 5.74) is 0.499. The Balaban J connectivity index is 2.22. The molecule has 0 amide bonds. The normalized spacial score (nSPS) is 12.0. The summed E-state index contributed by atoms with van der Waals surface area (Å²) in [4.78, 5) is 10.4. The minimum Gasteiger partial charge on any atom is -0.356 e. The molecule has 2 aromatic carbocycles. The molecule has 0 atom stereocenters. The Morgan fingerprint density at radius 1 is 0.905 bits per heavy atom. The van der Waals surface area contributed by atoms with Crippen molar-refractivity contribution in [1.82, 2.24) is 0 Å². The van der Waals surface area contributed by atoms with Crippen LogP contribution in [0.1, 0.15) is 5.56 Å². The molecule has 108 valence electrons. The van der Waals surface area contributed by atoms with Crippen molar-refractivity contribution in [3.05, 3.63) is 66.2 Å². The van der Waals surface area contributed by atoms with E-state index in [2.05, 4.69) is 5.32 Å². The zero-order valence-corrected chi connectivity index (χ0v) is 10.9. The predicted molar refractivity (Wildman–Crippen MR) is 76.3 cm³/mol. The quantitative estimate of drug-likeness (QED) is 0.660. The van der Waals surface area contributed by atoms with Crippen molar-refractivity contribution in [2.24, 2.45) is 0 Å². The number of aldehydes is 1. The van der Waals surface area contributed by atoms with Crippen molar-refractivity contribution in [1.29, 1.82) is 0 Å². The van der Waals surface area contributed by atoms with E-state index in [1.165, 1.54) is 24.3 Å². The summed E-state index contributed by atoms with van der Waals surface area (Å²) in [5, 5.41) is 3.07. The Hall–Kier alpha value is -2.56. The van der Waals surface area contributed by atoms with E-state index in [9.17, 15) is 18.0 Å². The van der Waals surface area contributed by atoms with Gasteiger partial charge in [0.15, 0.2) is 0 Å². The molecule has 21 heavy (non-hydrogen) atoms. The van der Waals surface area contributed by atoms with Gasteiger partial charge in [0.2, 0.25) is 0 Å². The first-order valence-electron chi connectivity index (χ1n) is 6.16. The van der Waals surface area contributed by atoms with Gasteiger partial charge in [0.25, 0.3) is 0 Å². The van der Waals surface area contributed by atoms with Crippen LogP contribution in [0.25, 0.3) is 5.57 Å². The number of anilines is 2. The van der Waals surface area contributed by atoms with Gasteiger partial charge in [-0.2, -0.15) is 13.2 Å². The molecule has 0 radical (unpaired) electrons. The number of nitrogens with one attached hydrogen (secondary N) is 1. The van der Waals surface area contributed by atoms with Crippen molar-refractivity contribution in [3.63, 3.8) is 0 Å². The van der Waals surface area contributed by atoms with Gasteiger partial charge in [-0.1, -0.05) is 30.3 Å². The molecule has 0 aliphatic rings. The fourth-order valence-corrected chi connectivity index (χ4v) is 1.84. The van der Waals surface area contributed by atoms with Gasteiger partial charge in [0, 0.05) is 11.4 Å². The van der Waals surface area contributed by atoms with E-state index in [4.69, 9.17) is 0 Å². The minimum atomic E-state index is -4.56. The largest absolute Gasteiger partial charge is 0.417 e. The summed E-state index contributed by atoms with van der Waals surface area (Å²) in [7, 11) is 0. The van der Waals surface area contributed by atoms with Crippen molar-refractivity contribution < 1.29 is 18.0 Å². The first-order chi connectivity index (χ1) is 10.0. The van der Waals surface area contributed by atoms with Crippen LogP contribution >= 0.6 is 0 Å². The molecule has 5 heteroatoms. The third-order valence-electron chi connectivity index (χ3n) is 2.80. The predicted octanol–water partition coefficient (Wildman–Crippen LogP) is 4.57. The smallest absolute Gasteiger partial charge is 0.356 e. The Bertz CT molecular complexity index is 631. The molecule has 0 saturated heterocycles. The van der Waals surface area contributed by atoms with E-state index < -0.39 is 11.7 Å². The maximum atomic E-state index is 12.8. The summed E-state index contributed by atoms with van der Waals surface area (Å²) in [6, 6.07) is 15.0. The molecular weight excluding hydrogens is 279 g/mol. The fourth-order valence-electron chi connectivity index (χ4n) is 1.84. The highest BCUT2D eigenvalue weighted by Crippen LogP contribution is 2.34. The van der Waals surface area contributed by atoms with E-state index in [1.807, 2.05) is 30.3 Å². The first-order valence-corrected chi connectivity index (χ1v) is 6.16. The number of hydrogen-bond donors (Lipinski definition) is 1. The van der Waals surface area contributed by atoms with Gasteiger partial charge in [-0.3, -0.25) is 4.79 Å². The van der Waals surface area contributed by atoms with Crippen LogP contribution in [0, 0.1) is 0 Å². The second-order valence-electron chi connectivity index (χ2n) is 4.28. The van der Waals surface area contributed by atoms with Crippen LogP contribution in [-0.4, -0.2) is 12.5 Å². The summed E-state index contributed by atoms with van der Waals surface area (Å²) in [6.45, 7) is 0. The van der Waals surface area contributed by atoms with E-state index in [0.717, 1.165) is 5.69 Å². The van der Waals surface area contributed by atoms with Crippen LogP contribution in [0.15, 0.2) is 60.7 Å². The molecular formula is C16H12F3NO. The van der Waals surface area contributed by atoms with Crippen LogP contribution in [0.3, 0.4) is 0 Å². The van der Waals surface area contributed by atoms with Gasteiger partial charge >= 0.3 is 6.18 Å². The second kappa shape index (κ2) is 6.26. The molecule has 2 rings (SSSR count). The number of alkyl halides is 3. The zero-order chi connectivity index (χ0) is 15.3. The van der Waals surface area contributed by atoms with E-state index in [-0.39, 0.29) is 11.8 Å². The van der Waals surface area contributed by atoms with E-state index >= 15 is 0 Å². The number of hydrogen-bond acceptors (Lipinski definition) is 2. The standard InChI is InChI=1S/C16H12F3NO/c17-16(18,19)15(10-11-21)12-6-8-14(9-7-12)20-13-4-2-1-3-5-13/h1-11,20H/b15-10+. The molecule has 2 aromatic rings. The number of rotatable bonds is 4. The molecule has 0 unspecified atom stereocenters. The van der Waals surface area contributed by atoms with Crippen LogP contribution in [-0.2, 0) is 4.79 Å². The number of allylic oxidation sites excluding steroid dienone is 2. The lowest BCUT2D eigenvalue weighted by Crippen LogP contribution is -2.11. The topological polar surface area (TPSA) is 29.1 Å². The van der Waals surface area contributed by atoms with Gasteiger partial charge in [-0.15, -0.1) is 0 Å². The van der Waals surface area contributed by atoms with Gasteiger partial charge < -0.3 is 5.32 Å². The van der Waals surface area contributed by atoms with Crippen LogP contribution in [0.4, 0.5) is 24.5 Å². The van der Waals surface area contributed by atoms with Gasteiger partial charge in [0.05, 0.1) is 5.57 Å². The highest BCUT2D eigenvalue weighted by Gasteiger charge is 2.34. The second-order valence-corrected chi connectivity index (χ2v) is 4.28. The number of halogens is 3. The third kappa shape index (κ3) is 3.95. The molecule has 2 nitrogen and oxygen atoms in total. The van der Waals surface area contributed by atoms with Gasteiger partial charge in [0.1, 0.15) is 6.29 Å². The SMILES string of the molecule is O=C/C=C(\c1ccc(Nc2ccccc2)cc1)C(F)(F)F. The zero-order valence-electron chi connectivity index (χ0n) is 10.9. The Morgan fingerprint density at radius 3 is 2.00 bits per heavy atom. The van der Waals surface area contributed by atoms with Crippen LogP contribution in [0.5, 0.6) is 0 Å². The van der Waals surface area contributed by atoms with Crippen molar-refractivity contribution in [2.75, 3.05) is 5.32 Å². The number of carbonyl (C=O) groups excluding carboxylic acids is 1. The average Bonchev–Trinajstić information content (AvgIpc) is 2.46. The monoisotopic (exact) mass is 291 g/mol. The molecule has 0 aliphatic carbocycles. The van der Waals surface area contributed by atoms with Crippen molar-refractivity contribution in [3.8, 4) is 0 Å². The highest BCUT2D eigenvalue weighted by molar-refractivity contribution is 5.84. The molecule has 0 fully saturated rings. The van der Waals surface area contributed by atoms with Crippen LogP contribution in [0.2, 0.25) is 0 Å². The fraction of sp³-hybridized carbons (Fsp3) is 0.0625. The minimum absolute atomic E-state index is 0.0480. The van der Waals surface area contributed by atoms with Crippen molar-refractivity contribution >= 4 is 23.2 Å². The lowest BCUT2D eigenvalue weighted by molar-refractivity contribution is -0.104. The van der Waals surface area contributed by atoms with Gasteiger partial charge in [-0.05, 0) is 35.9 Å². The van der Waals surface area contributed by atoms with E-state index in [0.29, 0.717) is 11.8 Å². The third-order valence-corrected chi connectivity index (χ3v) is 2.80. The summed E-state index contributed by atoms with van der Waals surface area (Å²) < 4.78 is 38.4. The van der Waals surface area contributed by atoms with E-state index in [1.54, 1.807) is 0 Å². The highest BCUT2D eigenvalue weighted by atomic mass is 19.4. The number of para-hydroxylation sites is 1. The Kier molecular flexibility index (Phi) is 4.42. The summed E-state index contributed by atoms with van der Waals surface area (Å²) >= 11 is 0. The lowest BCUT2D eigenvalue weighted by Gasteiger charge is -2.12.